The summed E-state index contributed by atoms with van der Waals surface area (Å²) < 4.78 is 10.9. The first-order valence-corrected chi connectivity index (χ1v) is 5.43. The molecule has 13 heavy (non-hydrogen) atoms. The Morgan fingerprint density at radius 1 is 1.00 bits per heavy atom. The number of hydrogen-bond donors (Lipinski definition) is 0. The van der Waals surface area contributed by atoms with E-state index in [1.165, 1.54) is 19.3 Å². The zero-order valence-electron chi connectivity index (χ0n) is 9.51. The van der Waals surface area contributed by atoms with Crippen molar-refractivity contribution in [3.05, 3.63) is 0 Å². The maximum atomic E-state index is 5.48. The maximum Gasteiger partial charge on any atom is 0.155 e. The molecule has 0 N–H and O–H groups in total. The van der Waals surface area contributed by atoms with Gasteiger partial charge in [0.05, 0.1) is 6.10 Å². The molecule has 0 amide bonds. The lowest BCUT2D eigenvalue weighted by atomic mass is 10.2. The summed E-state index contributed by atoms with van der Waals surface area (Å²) in [5.74, 6) is 0. The van der Waals surface area contributed by atoms with Crippen LogP contribution < -0.4 is 0 Å². The highest BCUT2D eigenvalue weighted by Crippen LogP contribution is 2.03. The fourth-order valence-electron chi connectivity index (χ4n) is 1.20. The van der Waals surface area contributed by atoms with Gasteiger partial charge < -0.3 is 9.47 Å². The number of rotatable bonds is 8. The van der Waals surface area contributed by atoms with Crippen LogP contribution in [-0.2, 0) is 9.47 Å². The summed E-state index contributed by atoms with van der Waals surface area (Å²) in [5.41, 5.74) is 0. The first-order valence-electron chi connectivity index (χ1n) is 5.43. The minimum atomic E-state index is -0.0540. The molecule has 0 radical (unpaired) electrons. The Morgan fingerprint density at radius 3 is 2.23 bits per heavy atom. The van der Waals surface area contributed by atoms with Crippen molar-refractivity contribution >= 4 is 0 Å². The van der Waals surface area contributed by atoms with Crippen LogP contribution in [0.2, 0.25) is 0 Å². The maximum absolute atomic E-state index is 5.48. The second kappa shape index (κ2) is 8.52. The Balaban J connectivity index is 3.12. The van der Waals surface area contributed by atoms with E-state index in [0.717, 1.165) is 13.0 Å². The van der Waals surface area contributed by atoms with E-state index in [2.05, 4.69) is 6.92 Å². The smallest absolute Gasteiger partial charge is 0.155 e. The van der Waals surface area contributed by atoms with Gasteiger partial charge in [-0.3, -0.25) is 0 Å². The van der Waals surface area contributed by atoms with Crippen LogP contribution in [0.25, 0.3) is 0 Å². The minimum absolute atomic E-state index is 0.0540. The van der Waals surface area contributed by atoms with Crippen LogP contribution in [0.4, 0.5) is 0 Å². The Kier molecular flexibility index (Phi) is 8.46. The van der Waals surface area contributed by atoms with Crippen molar-refractivity contribution in [1.82, 2.24) is 0 Å². The van der Waals surface area contributed by atoms with Crippen molar-refractivity contribution in [2.45, 2.75) is 65.8 Å². The zero-order valence-corrected chi connectivity index (χ0v) is 9.51. The van der Waals surface area contributed by atoms with Crippen molar-refractivity contribution in [3.8, 4) is 0 Å². The van der Waals surface area contributed by atoms with Crippen molar-refractivity contribution < 1.29 is 9.47 Å². The first-order chi connectivity index (χ1) is 6.16. The van der Waals surface area contributed by atoms with Crippen LogP contribution in [0, 0.1) is 0 Å². The Morgan fingerprint density at radius 2 is 1.69 bits per heavy atom. The number of unbranched alkanes of at least 4 members (excludes halogenated alkanes) is 3. The highest BCUT2D eigenvalue weighted by Gasteiger charge is 2.03. The average molecular weight is 188 g/mol. The summed E-state index contributed by atoms with van der Waals surface area (Å²) in [6.45, 7) is 9.05. The first kappa shape index (κ1) is 12.9. The third-order valence-corrected chi connectivity index (χ3v) is 1.81. The SMILES string of the molecule is CCCCCCOC(C)OC(C)C. The fraction of sp³-hybridized carbons (Fsp3) is 1.00. The van der Waals surface area contributed by atoms with E-state index in [1.807, 2.05) is 20.8 Å². The van der Waals surface area contributed by atoms with Crippen LogP contribution in [-0.4, -0.2) is 19.0 Å². The molecule has 0 heterocycles. The van der Waals surface area contributed by atoms with Crippen LogP contribution in [0.1, 0.15) is 53.4 Å². The van der Waals surface area contributed by atoms with Crippen LogP contribution in [0.3, 0.4) is 0 Å². The molecule has 0 aromatic carbocycles. The molecule has 0 fully saturated rings. The van der Waals surface area contributed by atoms with Crippen molar-refractivity contribution in [3.63, 3.8) is 0 Å². The molecular formula is C11H24O2. The second-order valence-electron chi connectivity index (χ2n) is 3.68. The molecule has 1 atom stereocenters. The molecule has 0 aliphatic rings. The van der Waals surface area contributed by atoms with E-state index in [4.69, 9.17) is 9.47 Å². The normalized spacial score (nSPS) is 13.6. The molecule has 0 rings (SSSR count). The van der Waals surface area contributed by atoms with E-state index in [0.29, 0.717) is 0 Å². The zero-order chi connectivity index (χ0) is 10.1. The fourth-order valence-corrected chi connectivity index (χ4v) is 1.20. The summed E-state index contributed by atoms with van der Waals surface area (Å²) in [5, 5.41) is 0. The van der Waals surface area contributed by atoms with Gasteiger partial charge in [-0.05, 0) is 27.2 Å². The van der Waals surface area contributed by atoms with E-state index in [9.17, 15) is 0 Å². The summed E-state index contributed by atoms with van der Waals surface area (Å²) in [6.07, 6.45) is 5.21. The Labute approximate surface area is 82.6 Å². The molecular weight excluding hydrogens is 164 g/mol. The second-order valence-corrected chi connectivity index (χ2v) is 3.68. The summed E-state index contributed by atoms with van der Waals surface area (Å²) in [6, 6.07) is 0. The molecule has 0 saturated heterocycles. The molecule has 0 aromatic rings. The van der Waals surface area contributed by atoms with Crippen molar-refractivity contribution in [2.24, 2.45) is 0 Å². The van der Waals surface area contributed by atoms with Crippen LogP contribution >= 0.6 is 0 Å². The quantitative estimate of drug-likeness (QED) is 0.429. The van der Waals surface area contributed by atoms with E-state index >= 15 is 0 Å². The van der Waals surface area contributed by atoms with Crippen LogP contribution in [0.5, 0.6) is 0 Å². The molecule has 2 nitrogen and oxygen atoms in total. The lowest BCUT2D eigenvalue weighted by Gasteiger charge is -2.16. The third-order valence-electron chi connectivity index (χ3n) is 1.81. The standard InChI is InChI=1S/C11H24O2/c1-5-6-7-8-9-12-11(4)13-10(2)3/h10-11H,5-9H2,1-4H3. The van der Waals surface area contributed by atoms with Gasteiger partial charge in [0.25, 0.3) is 0 Å². The van der Waals surface area contributed by atoms with E-state index in [1.54, 1.807) is 0 Å². The molecule has 0 saturated carbocycles. The number of ether oxygens (including phenoxy) is 2. The highest BCUT2D eigenvalue weighted by molar-refractivity contribution is 4.42. The van der Waals surface area contributed by atoms with Gasteiger partial charge in [-0.25, -0.2) is 0 Å². The molecule has 0 spiro atoms. The molecule has 0 aliphatic heterocycles. The third kappa shape index (κ3) is 9.84. The van der Waals surface area contributed by atoms with Gasteiger partial charge in [0, 0.05) is 6.61 Å². The lowest BCUT2D eigenvalue weighted by Crippen LogP contribution is -2.18. The monoisotopic (exact) mass is 188 g/mol. The van der Waals surface area contributed by atoms with Crippen LogP contribution in [0.15, 0.2) is 0 Å². The lowest BCUT2D eigenvalue weighted by molar-refractivity contribution is -0.151. The van der Waals surface area contributed by atoms with Gasteiger partial charge in [0.2, 0.25) is 0 Å². The summed E-state index contributed by atoms with van der Waals surface area (Å²) in [4.78, 5) is 0. The topological polar surface area (TPSA) is 18.5 Å². The predicted molar refractivity (Wildman–Crippen MR) is 55.8 cm³/mol. The van der Waals surface area contributed by atoms with Gasteiger partial charge in [0.1, 0.15) is 0 Å². The molecule has 0 aromatic heterocycles. The molecule has 0 bridgehead atoms. The Hall–Kier alpha value is -0.0800. The molecule has 80 valence electrons. The van der Waals surface area contributed by atoms with Gasteiger partial charge in [0.15, 0.2) is 6.29 Å². The van der Waals surface area contributed by atoms with Gasteiger partial charge in [-0.15, -0.1) is 0 Å². The van der Waals surface area contributed by atoms with Gasteiger partial charge in [-0.1, -0.05) is 26.2 Å². The molecule has 0 aliphatic carbocycles. The highest BCUT2D eigenvalue weighted by atomic mass is 16.7. The Bertz CT molecular complexity index is 102. The summed E-state index contributed by atoms with van der Waals surface area (Å²) >= 11 is 0. The molecule has 2 heteroatoms. The number of hydrogen-bond acceptors (Lipinski definition) is 2. The summed E-state index contributed by atoms with van der Waals surface area (Å²) in [7, 11) is 0. The molecule has 1 unspecified atom stereocenters. The average Bonchev–Trinajstić information content (AvgIpc) is 2.02. The largest absolute Gasteiger partial charge is 0.353 e. The van der Waals surface area contributed by atoms with E-state index < -0.39 is 0 Å². The van der Waals surface area contributed by atoms with E-state index in [-0.39, 0.29) is 12.4 Å². The minimum Gasteiger partial charge on any atom is -0.353 e. The van der Waals surface area contributed by atoms with Crippen molar-refractivity contribution in [1.29, 1.82) is 0 Å². The van der Waals surface area contributed by atoms with Gasteiger partial charge >= 0.3 is 0 Å². The van der Waals surface area contributed by atoms with Crippen molar-refractivity contribution in [2.75, 3.05) is 6.61 Å². The predicted octanol–water partition coefficient (Wildman–Crippen LogP) is 3.35. The van der Waals surface area contributed by atoms with Gasteiger partial charge in [-0.2, -0.15) is 0 Å².